The van der Waals surface area contributed by atoms with E-state index in [1.54, 1.807) is 13.1 Å². The van der Waals surface area contributed by atoms with Crippen LogP contribution in [0.5, 0.6) is 0 Å². The van der Waals surface area contributed by atoms with Crippen LogP contribution in [0.25, 0.3) is 0 Å². The Balaban J connectivity index is 2.37. The summed E-state index contributed by atoms with van der Waals surface area (Å²) in [5, 5.41) is 0.183. The molecule has 1 saturated carbocycles. The molecule has 7 heteroatoms. The first-order valence-electron chi connectivity index (χ1n) is 5.88. The van der Waals surface area contributed by atoms with Crippen LogP contribution in [-0.2, 0) is 10.0 Å². The van der Waals surface area contributed by atoms with Crippen LogP contribution in [0.4, 0.5) is 0 Å². The molecule has 0 heterocycles. The summed E-state index contributed by atoms with van der Waals surface area (Å²) in [5.41, 5.74) is 6.02. The number of rotatable bonds is 5. The molecule has 0 amide bonds. The molecule has 1 fully saturated rings. The highest BCUT2D eigenvalue weighted by Crippen LogP contribution is 2.32. The lowest BCUT2D eigenvalue weighted by Crippen LogP contribution is -2.29. The largest absolute Gasteiger partial charge is 0.389 e. The van der Waals surface area contributed by atoms with E-state index in [9.17, 15) is 8.42 Å². The van der Waals surface area contributed by atoms with E-state index in [4.69, 9.17) is 29.6 Å². The summed E-state index contributed by atoms with van der Waals surface area (Å²) in [5.74, 6) is 0.470. The Morgan fingerprint density at radius 2 is 2.16 bits per heavy atom. The molecule has 4 nitrogen and oxygen atoms in total. The number of benzene rings is 1. The van der Waals surface area contributed by atoms with E-state index in [0.29, 0.717) is 18.0 Å². The zero-order valence-corrected chi connectivity index (χ0v) is 12.9. The lowest BCUT2D eigenvalue weighted by atomic mass is 10.2. The van der Waals surface area contributed by atoms with Crippen LogP contribution >= 0.6 is 23.8 Å². The minimum absolute atomic E-state index is 0.0580. The van der Waals surface area contributed by atoms with Crippen LogP contribution in [0.2, 0.25) is 5.02 Å². The molecule has 0 bridgehead atoms. The van der Waals surface area contributed by atoms with Crippen LogP contribution < -0.4 is 5.73 Å². The van der Waals surface area contributed by atoms with E-state index in [1.165, 1.54) is 16.4 Å². The molecule has 19 heavy (non-hydrogen) atoms. The Bertz CT molecular complexity index is 612. The van der Waals surface area contributed by atoms with E-state index >= 15 is 0 Å². The molecule has 0 saturated heterocycles. The average Bonchev–Trinajstić information content (AvgIpc) is 3.12. The van der Waals surface area contributed by atoms with Crippen LogP contribution in [0.1, 0.15) is 18.4 Å². The van der Waals surface area contributed by atoms with E-state index < -0.39 is 10.0 Å². The number of thiocarbonyl (C=S) groups is 1. The molecule has 0 aromatic heterocycles. The molecular weight excluding hydrogens is 304 g/mol. The molecule has 2 N–H and O–H groups in total. The second-order valence-corrected chi connectivity index (χ2v) is 7.60. The first kappa shape index (κ1) is 14.7. The van der Waals surface area contributed by atoms with Gasteiger partial charge in [0.15, 0.2) is 0 Å². The number of sulfonamides is 1. The van der Waals surface area contributed by atoms with E-state index in [-0.39, 0.29) is 14.9 Å². The first-order valence-corrected chi connectivity index (χ1v) is 8.10. The Labute approximate surface area is 123 Å². The van der Waals surface area contributed by atoms with Gasteiger partial charge < -0.3 is 5.73 Å². The summed E-state index contributed by atoms with van der Waals surface area (Å²) in [6.07, 6.45) is 2.17. The van der Waals surface area contributed by atoms with Crippen LogP contribution in [0.15, 0.2) is 23.1 Å². The Morgan fingerprint density at radius 3 is 2.68 bits per heavy atom. The maximum atomic E-state index is 12.4. The number of hydrogen-bond donors (Lipinski definition) is 1. The summed E-state index contributed by atoms with van der Waals surface area (Å²) < 4.78 is 26.2. The van der Waals surface area contributed by atoms with Gasteiger partial charge >= 0.3 is 0 Å². The van der Waals surface area contributed by atoms with Gasteiger partial charge in [0.1, 0.15) is 9.88 Å². The summed E-state index contributed by atoms with van der Waals surface area (Å²) in [7, 11) is -2.03. The second kappa shape index (κ2) is 5.36. The van der Waals surface area contributed by atoms with Gasteiger partial charge in [0, 0.05) is 19.2 Å². The average molecular weight is 319 g/mol. The van der Waals surface area contributed by atoms with Crippen LogP contribution in [-0.4, -0.2) is 31.3 Å². The Hall–Kier alpha value is -0.690. The molecule has 1 aliphatic rings. The van der Waals surface area contributed by atoms with Crippen molar-refractivity contribution in [2.45, 2.75) is 17.7 Å². The molecule has 2 rings (SSSR count). The third-order valence-electron chi connectivity index (χ3n) is 3.12. The summed E-state index contributed by atoms with van der Waals surface area (Å²) in [4.78, 5) is 0.209. The SMILES string of the molecule is CN(CC1CC1)S(=O)(=O)c1cc(C(N)=S)ccc1Cl. The van der Waals surface area contributed by atoms with Gasteiger partial charge in [-0.2, -0.15) is 0 Å². The van der Waals surface area contributed by atoms with Crippen LogP contribution in [0, 0.1) is 5.92 Å². The number of nitrogens with two attached hydrogens (primary N) is 1. The van der Waals surface area contributed by atoms with Crippen molar-refractivity contribution in [3.05, 3.63) is 28.8 Å². The highest BCUT2D eigenvalue weighted by Gasteiger charge is 2.30. The van der Waals surface area contributed by atoms with E-state index in [0.717, 1.165) is 12.8 Å². The maximum absolute atomic E-state index is 12.4. The molecule has 104 valence electrons. The fourth-order valence-corrected chi connectivity index (χ4v) is 3.65. The maximum Gasteiger partial charge on any atom is 0.244 e. The lowest BCUT2D eigenvalue weighted by Gasteiger charge is -2.18. The highest BCUT2D eigenvalue weighted by molar-refractivity contribution is 7.89. The number of hydrogen-bond acceptors (Lipinski definition) is 3. The third kappa shape index (κ3) is 3.25. The van der Waals surface area contributed by atoms with Crippen molar-refractivity contribution in [1.82, 2.24) is 4.31 Å². The van der Waals surface area contributed by atoms with Crippen molar-refractivity contribution in [3.63, 3.8) is 0 Å². The minimum Gasteiger partial charge on any atom is -0.389 e. The third-order valence-corrected chi connectivity index (χ3v) is 5.66. The number of nitrogens with zero attached hydrogens (tertiary/aromatic N) is 1. The highest BCUT2D eigenvalue weighted by atomic mass is 35.5. The lowest BCUT2D eigenvalue weighted by molar-refractivity contribution is 0.453. The second-order valence-electron chi connectivity index (χ2n) is 4.74. The fraction of sp³-hybridized carbons (Fsp3) is 0.417. The summed E-state index contributed by atoms with van der Waals surface area (Å²) in [6, 6.07) is 4.56. The van der Waals surface area contributed by atoms with E-state index in [1.807, 2.05) is 0 Å². The monoisotopic (exact) mass is 318 g/mol. The van der Waals surface area contributed by atoms with Gasteiger partial charge in [0.05, 0.1) is 5.02 Å². The van der Waals surface area contributed by atoms with Crippen molar-refractivity contribution in [1.29, 1.82) is 0 Å². The van der Waals surface area contributed by atoms with Crippen LogP contribution in [0.3, 0.4) is 0 Å². The van der Waals surface area contributed by atoms with Gasteiger partial charge in [0.25, 0.3) is 0 Å². The van der Waals surface area contributed by atoms with Crippen molar-refractivity contribution in [3.8, 4) is 0 Å². The van der Waals surface area contributed by atoms with Crippen molar-refractivity contribution in [2.75, 3.05) is 13.6 Å². The topological polar surface area (TPSA) is 63.4 Å². The molecule has 0 spiro atoms. The predicted molar refractivity (Wildman–Crippen MR) is 79.9 cm³/mol. The number of halogens is 1. The summed E-state index contributed by atoms with van der Waals surface area (Å²) in [6.45, 7) is 0.524. The standard InChI is InChI=1S/C12H15ClN2O2S2/c1-15(7-8-2-3-8)19(16,17)11-6-9(12(14)18)4-5-10(11)13/h4-6,8H,2-3,7H2,1H3,(H2,14,18). The molecular formula is C12H15ClN2O2S2. The van der Waals surface area contributed by atoms with Crippen molar-refractivity contribution >= 4 is 38.8 Å². The predicted octanol–water partition coefficient (Wildman–Crippen LogP) is 2.00. The van der Waals surface area contributed by atoms with Gasteiger partial charge in [0.2, 0.25) is 10.0 Å². The molecule has 0 atom stereocenters. The van der Waals surface area contributed by atoms with Crippen molar-refractivity contribution in [2.24, 2.45) is 11.7 Å². The molecule has 0 aliphatic heterocycles. The van der Waals surface area contributed by atoms with Gasteiger partial charge in [-0.3, -0.25) is 0 Å². The minimum atomic E-state index is -3.59. The fourth-order valence-electron chi connectivity index (χ4n) is 1.78. The Morgan fingerprint density at radius 1 is 1.53 bits per heavy atom. The van der Waals surface area contributed by atoms with E-state index in [2.05, 4.69) is 0 Å². The molecule has 1 aliphatic carbocycles. The van der Waals surface area contributed by atoms with Gasteiger partial charge in [-0.15, -0.1) is 0 Å². The molecule has 1 aromatic rings. The van der Waals surface area contributed by atoms with Gasteiger partial charge in [-0.05, 0) is 30.9 Å². The zero-order valence-electron chi connectivity index (χ0n) is 10.5. The van der Waals surface area contributed by atoms with Gasteiger partial charge in [-0.25, -0.2) is 12.7 Å². The first-order chi connectivity index (χ1) is 8.82. The molecule has 1 aromatic carbocycles. The van der Waals surface area contributed by atoms with Crippen molar-refractivity contribution < 1.29 is 8.42 Å². The summed E-state index contributed by atoms with van der Waals surface area (Å²) >= 11 is 10.9. The normalized spacial score (nSPS) is 15.7. The quantitative estimate of drug-likeness (QED) is 0.844. The Kier molecular flexibility index (Phi) is 4.15. The molecule has 0 radical (unpaired) electrons. The van der Waals surface area contributed by atoms with Gasteiger partial charge in [-0.1, -0.05) is 29.9 Å². The zero-order chi connectivity index (χ0) is 14.2. The molecule has 0 unspecified atom stereocenters. The smallest absolute Gasteiger partial charge is 0.244 e.